The van der Waals surface area contributed by atoms with E-state index >= 15 is 0 Å². The van der Waals surface area contributed by atoms with Crippen LogP contribution in [0.3, 0.4) is 0 Å². The van der Waals surface area contributed by atoms with Crippen molar-refractivity contribution in [2.75, 3.05) is 0 Å². The first-order valence-corrected chi connectivity index (χ1v) is 7.09. The molecule has 21 heavy (non-hydrogen) atoms. The second kappa shape index (κ2) is 5.88. The van der Waals surface area contributed by atoms with Crippen LogP contribution >= 0.6 is 0 Å². The minimum absolute atomic E-state index is 0.110. The highest BCUT2D eigenvalue weighted by Crippen LogP contribution is 2.26. The molecule has 0 aliphatic heterocycles. The first kappa shape index (κ1) is 17.2. The number of carboxylic acids is 1. The fraction of sp³-hybridized carbons (Fsp3) is 0.529. The zero-order valence-electron chi connectivity index (χ0n) is 14.0. The average molecular weight is 291 g/mol. The van der Waals surface area contributed by atoms with Crippen molar-refractivity contribution in [2.45, 2.75) is 60.4 Å². The van der Waals surface area contributed by atoms with Crippen LogP contribution < -0.4 is 5.32 Å². The fourth-order valence-electron chi connectivity index (χ4n) is 2.63. The molecular weight excluding hydrogens is 266 g/mol. The molecular formula is C17H25NO3. The van der Waals surface area contributed by atoms with E-state index in [1.807, 2.05) is 27.7 Å². The van der Waals surface area contributed by atoms with E-state index in [9.17, 15) is 9.59 Å². The Morgan fingerprint density at radius 3 is 1.67 bits per heavy atom. The van der Waals surface area contributed by atoms with Gasteiger partial charge in [-0.25, -0.2) is 0 Å². The minimum atomic E-state index is -0.926. The average Bonchev–Trinajstić information content (AvgIpc) is 2.31. The third-order valence-corrected chi connectivity index (χ3v) is 4.27. The van der Waals surface area contributed by atoms with Crippen LogP contribution in [0.25, 0.3) is 0 Å². The highest BCUT2D eigenvalue weighted by Gasteiger charge is 2.26. The molecule has 1 rings (SSSR count). The fourth-order valence-corrected chi connectivity index (χ4v) is 2.63. The lowest BCUT2D eigenvalue weighted by Crippen LogP contribution is -2.45. The summed E-state index contributed by atoms with van der Waals surface area (Å²) in [7, 11) is 0. The Kier molecular flexibility index (Phi) is 4.82. The summed E-state index contributed by atoms with van der Waals surface area (Å²) in [4.78, 5) is 23.5. The summed E-state index contributed by atoms with van der Waals surface area (Å²) in [5.41, 5.74) is 5.21. The maximum Gasteiger partial charge on any atom is 0.305 e. The van der Waals surface area contributed by atoms with Crippen molar-refractivity contribution in [3.63, 3.8) is 0 Å². The van der Waals surface area contributed by atoms with Gasteiger partial charge in [0.15, 0.2) is 0 Å². The number of aliphatic carboxylic acids is 1. The summed E-state index contributed by atoms with van der Waals surface area (Å²) in [5.74, 6) is -1.13. The molecule has 0 aliphatic carbocycles. The van der Waals surface area contributed by atoms with Crippen molar-refractivity contribution < 1.29 is 14.7 Å². The van der Waals surface area contributed by atoms with Crippen molar-refractivity contribution in [1.29, 1.82) is 0 Å². The molecule has 0 spiro atoms. The lowest BCUT2D eigenvalue weighted by Gasteiger charge is -2.26. The van der Waals surface area contributed by atoms with Gasteiger partial charge in [-0.05, 0) is 76.3 Å². The first-order chi connectivity index (χ1) is 9.48. The largest absolute Gasteiger partial charge is 0.481 e. The molecule has 0 saturated carbocycles. The molecule has 0 atom stereocenters. The van der Waals surface area contributed by atoms with Gasteiger partial charge in [0, 0.05) is 11.1 Å². The van der Waals surface area contributed by atoms with Crippen LogP contribution in [0.1, 0.15) is 58.4 Å². The number of hydrogen-bond donors (Lipinski definition) is 2. The van der Waals surface area contributed by atoms with Crippen molar-refractivity contribution >= 4 is 11.9 Å². The van der Waals surface area contributed by atoms with E-state index in [0.29, 0.717) is 5.56 Å². The monoisotopic (exact) mass is 291 g/mol. The molecule has 1 amide bonds. The maximum atomic E-state index is 12.6. The second-order valence-corrected chi connectivity index (χ2v) is 6.41. The van der Waals surface area contributed by atoms with Gasteiger partial charge in [-0.3, -0.25) is 9.59 Å². The predicted molar refractivity (Wildman–Crippen MR) is 83.9 cm³/mol. The molecule has 0 aliphatic rings. The van der Waals surface area contributed by atoms with E-state index in [1.165, 1.54) is 5.56 Å². The van der Waals surface area contributed by atoms with Gasteiger partial charge < -0.3 is 10.4 Å². The van der Waals surface area contributed by atoms with E-state index in [0.717, 1.165) is 22.3 Å². The number of rotatable bonds is 4. The summed E-state index contributed by atoms with van der Waals surface area (Å²) in [6, 6.07) is 0. The Hall–Kier alpha value is -1.84. The molecule has 0 bridgehead atoms. The zero-order valence-corrected chi connectivity index (χ0v) is 14.0. The Bertz CT molecular complexity index is 572. The van der Waals surface area contributed by atoms with Crippen molar-refractivity contribution in [2.24, 2.45) is 0 Å². The first-order valence-electron chi connectivity index (χ1n) is 7.09. The third kappa shape index (κ3) is 3.63. The number of nitrogens with one attached hydrogen (secondary N) is 1. The topological polar surface area (TPSA) is 66.4 Å². The summed E-state index contributed by atoms with van der Waals surface area (Å²) in [5, 5.41) is 11.8. The van der Waals surface area contributed by atoms with Crippen LogP contribution in [0.4, 0.5) is 0 Å². The van der Waals surface area contributed by atoms with Crippen LogP contribution in [-0.4, -0.2) is 22.5 Å². The quantitative estimate of drug-likeness (QED) is 0.895. The van der Waals surface area contributed by atoms with Gasteiger partial charge in [0.2, 0.25) is 0 Å². The number of hydrogen-bond acceptors (Lipinski definition) is 2. The van der Waals surface area contributed by atoms with Crippen LogP contribution in [0, 0.1) is 34.6 Å². The molecule has 116 valence electrons. The van der Waals surface area contributed by atoms with E-state index in [-0.39, 0.29) is 12.3 Å². The number of carbonyl (C=O) groups is 2. The van der Waals surface area contributed by atoms with Gasteiger partial charge in [-0.2, -0.15) is 0 Å². The molecule has 0 saturated heterocycles. The van der Waals surface area contributed by atoms with Crippen LogP contribution in [0.5, 0.6) is 0 Å². The lowest BCUT2D eigenvalue weighted by atomic mass is 9.88. The Morgan fingerprint density at radius 2 is 1.29 bits per heavy atom. The highest BCUT2D eigenvalue weighted by atomic mass is 16.4. The van der Waals surface area contributed by atoms with Gasteiger partial charge in [-0.15, -0.1) is 0 Å². The summed E-state index contributed by atoms with van der Waals surface area (Å²) < 4.78 is 0. The minimum Gasteiger partial charge on any atom is -0.481 e. The van der Waals surface area contributed by atoms with Crippen molar-refractivity contribution in [3.05, 3.63) is 33.4 Å². The van der Waals surface area contributed by atoms with Crippen molar-refractivity contribution in [1.82, 2.24) is 5.32 Å². The SMILES string of the molecule is Cc1c(C)c(C)c(C(=O)NC(C)(C)CC(=O)O)c(C)c1C. The Labute approximate surface area is 126 Å². The van der Waals surface area contributed by atoms with E-state index < -0.39 is 11.5 Å². The highest BCUT2D eigenvalue weighted by molar-refractivity contribution is 5.98. The molecule has 1 aromatic carbocycles. The van der Waals surface area contributed by atoms with Gasteiger partial charge in [-0.1, -0.05) is 0 Å². The molecule has 1 aromatic rings. The normalized spacial score (nSPS) is 11.4. The van der Waals surface area contributed by atoms with Crippen molar-refractivity contribution in [3.8, 4) is 0 Å². The van der Waals surface area contributed by atoms with E-state index in [2.05, 4.69) is 12.2 Å². The molecule has 4 heteroatoms. The maximum absolute atomic E-state index is 12.6. The summed E-state index contributed by atoms with van der Waals surface area (Å²) in [6.07, 6.45) is -0.110. The number of amides is 1. The molecule has 0 aromatic heterocycles. The molecule has 0 fully saturated rings. The third-order valence-electron chi connectivity index (χ3n) is 4.27. The van der Waals surface area contributed by atoms with Gasteiger partial charge in [0.25, 0.3) is 5.91 Å². The standard InChI is InChI=1S/C17H25NO3/c1-9-10(2)12(4)15(13(5)11(9)3)16(21)18-17(6,7)8-14(19)20/h8H2,1-7H3,(H,18,21)(H,19,20). The Morgan fingerprint density at radius 1 is 0.905 bits per heavy atom. The number of benzene rings is 1. The molecule has 4 nitrogen and oxygen atoms in total. The molecule has 0 radical (unpaired) electrons. The van der Waals surface area contributed by atoms with Crippen LogP contribution in [-0.2, 0) is 4.79 Å². The van der Waals surface area contributed by atoms with Gasteiger partial charge >= 0.3 is 5.97 Å². The smallest absolute Gasteiger partial charge is 0.305 e. The van der Waals surface area contributed by atoms with E-state index in [4.69, 9.17) is 5.11 Å². The van der Waals surface area contributed by atoms with E-state index in [1.54, 1.807) is 13.8 Å². The van der Waals surface area contributed by atoms with Crippen LogP contribution in [0.15, 0.2) is 0 Å². The summed E-state index contributed by atoms with van der Waals surface area (Å²) >= 11 is 0. The molecule has 0 unspecified atom stereocenters. The zero-order chi connectivity index (χ0) is 16.5. The van der Waals surface area contributed by atoms with Gasteiger partial charge in [0.05, 0.1) is 6.42 Å². The number of carbonyl (C=O) groups excluding carboxylic acids is 1. The molecule has 2 N–H and O–H groups in total. The second-order valence-electron chi connectivity index (χ2n) is 6.41. The van der Waals surface area contributed by atoms with Crippen LogP contribution in [0.2, 0.25) is 0 Å². The predicted octanol–water partition coefficient (Wildman–Crippen LogP) is 3.21. The molecule has 0 heterocycles. The van der Waals surface area contributed by atoms with Gasteiger partial charge in [0.1, 0.15) is 0 Å². The lowest BCUT2D eigenvalue weighted by molar-refractivity contribution is -0.138. The summed E-state index contributed by atoms with van der Waals surface area (Å²) in [6.45, 7) is 13.4. The Balaban J connectivity index is 3.23. The number of carboxylic acid groups (broad SMARTS) is 1.